The highest BCUT2D eigenvalue weighted by Crippen LogP contribution is 2.15. The maximum Gasteiger partial charge on any atom is 0.407 e. The van der Waals surface area contributed by atoms with E-state index < -0.39 is 5.60 Å². The molecule has 1 aliphatic rings. The van der Waals surface area contributed by atoms with Crippen LogP contribution in [0.25, 0.3) is 0 Å². The van der Waals surface area contributed by atoms with Crippen molar-refractivity contribution in [3.63, 3.8) is 0 Å². The van der Waals surface area contributed by atoms with Gasteiger partial charge in [-0.2, -0.15) is 0 Å². The predicted molar refractivity (Wildman–Crippen MR) is 62.3 cm³/mol. The minimum atomic E-state index is -0.451. The highest BCUT2D eigenvalue weighted by atomic mass is 16.6. The number of carbonyl (C=O) groups excluding carboxylic acids is 1. The number of alkyl carbamates (subject to hydrolysis) is 1. The summed E-state index contributed by atoms with van der Waals surface area (Å²) in [7, 11) is 0. The van der Waals surface area contributed by atoms with Gasteiger partial charge < -0.3 is 14.8 Å². The van der Waals surface area contributed by atoms with Crippen LogP contribution in [0.5, 0.6) is 0 Å². The summed E-state index contributed by atoms with van der Waals surface area (Å²) in [4.78, 5) is 11.5. The van der Waals surface area contributed by atoms with E-state index in [0.717, 1.165) is 12.8 Å². The molecule has 1 saturated heterocycles. The molecule has 0 aromatic heterocycles. The summed E-state index contributed by atoms with van der Waals surface area (Å²) in [6.07, 6.45) is 3.03. The van der Waals surface area contributed by atoms with E-state index in [1.165, 1.54) is 0 Å². The maximum absolute atomic E-state index is 11.5. The zero-order valence-corrected chi connectivity index (χ0v) is 10.3. The molecule has 1 heterocycles. The van der Waals surface area contributed by atoms with Crippen LogP contribution in [-0.2, 0) is 9.47 Å². The second-order valence-electron chi connectivity index (χ2n) is 5.01. The Kier molecular flexibility index (Phi) is 4.35. The van der Waals surface area contributed by atoms with Gasteiger partial charge in [0.2, 0.25) is 0 Å². The molecule has 4 heteroatoms. The number of hydrogen-bond acceptors (Lipinski definition) is 3. The Morgan fingerprint density at radius 3 is 2.81 bits per heavy atom. The number of ether oxygens (including phenoxy) is 2. The third-order valence-electron chi connectivity index (χ3n) is 2.30. The van der Waals surface area contributed by atoms with Crippen LogP contribution in [0.2, 0.25) is 0 Å². The first kappa shape index (κ1) is 13.0. The smallest absolute Gasteiger partial charge is 0.407 e. The number of nitrogens with one attached hydrogen (secondary N) is 1. The molecule has 0 unspecified atom stereocenters. The minimum absolute atomic E-state index is 0.0358. The zero-order chi connectivity index (χ0) is 12.2. The van der Waals surface area contributed by atoms with Crippen molar-refractivity contribution in [3.8, 4) is 0 Å². The monoisotopic (exact) mass is 227 g/mol. The van der Waals surface area contributed by atoms with Gasteiger partial charge in [-0.05, 0) is 33.6 Å². The molecule has 0 aromatic carbocycles. The van der Waals surface area contributed by atoms with Crippen LogP contribution in [0.1, 0.15) is 33.6 Å². The molecule has 2 atom stereocenters. The molecular formula is C12H21NO3. The minimum Gasteiger partial charge on any atom is -0.444 e. The van der Waals surface area contributed by atoms with Crippen molar-refractivity contribution in [2.24, 2.45) is 0 Å². The summed E-state index contributed by atoms with van der Waals surface area (Å²) in [5.41, 5.74) is -0.451. The lowest BCUT2D eigenvalue weighted by Gasteiger charge is -2.29. The third kappa shape index (κ3) is 4.66. The van der Waals surface area contributed by atoms with Gasteiger partial charge in [-0.1, -0.05) is 6.08 Å². The summed E-state index contributed by atoms with van der Waals surface area (Å²) >= 11 is 0. The lowest BCUT2D eigenvalue weighted by molar-refractivity contribution is 0.0198. The maximum atomic E-state index is 11.5. The largest absolute Gasteiger partial charge is 0.444 e. The van der Waals surface area contributed by atoms with Crippen molar-refractivity contribution in [1.29, 1.82) is 0 Å². The highest BCUT2D eigenvalue weighted by Gasteiger charge is 2.24. The Morgan fingerprint density at radius 2 is 2.25 bits per heavy atom. The van der Waals surface area contributed by atoms with Crippen LogP contribution in [-0.4, -0.2) is 30.4 Å². The number of carbonyl (C=O) groups is 1. The molecule has 0 aromatic rings. The van der Waals surface area contributed by atoms with E-state index >= 15 is 0 Å². The lowest BCUT2D eigenvalue weighted by Crippen LogP contribution is -2.43. The van der Waals surface area contributed by atoms with E-state index in [4.69, 9.17) is 9.47 Å². The Morgan fingerprint density at radius 1 is 1.56 bits per heavy atom. The second-order valence-corrected chi connectivity index (χ2v) is 5.01. The molecular weight excluding hydrogens is 206 g/mol. The molecule has 16 heavy (non-hydrogen) atoms. The fourth-order valence-corrected chi connectivity index (χ4v) is 1.60. The van der Waals surface area contributed by atoms with Gasteiger partial charge in [0.1, 0.15) is 5.60 Å². The van der Waals surface area contributed by atoms with E-state index in [1.54, 1.807) is 6.08 Å². The normalized spacial score (nSPS) is 25.9. The van der Waals surface area contributed by atoms with Gasteiger partial charge in [-0.25, -0.2) is 4.79 Å². The topological polar surface area (TPSA) is 47.6 Å². The Hall–Kier alpha value is -1.03. The molecule has 0 spiro atoms. The Labute approximate surface area is 97.0 Å². The van der Waals surface area contributed by atoms with Gasteiger partial charge in [-0.15, -0.1) is 6.58 Å². The van der Waals surface area contributed by atoms with Crippen LogP contribution >= 0.6 is 0 Å². The molecule has 1 fully saturated rings. The molecule has 1 amide bonds. The van der Waals surface area contributed by atoms with Crippen LogP contribution in [0, 0.1) is 0 Å². The molecule has 4 nitrogen and oxygen atoms in total. The Bertz CT molecular complexity index is 257. The van der Waals surface area contributed by atoms with Gasteiger partial charge in [0.15, 0.2) is 0 Å². The molecule has 1 aliphatic heterocycles. The Balaban J connectivity index is 2.36. The first-order valence-electron chi connectivity index (χ1n) is 5.64. The molecule has 0 saturated carbocycles. The number of rotatable bonds is 2. The third-order valence-corrected chi connectivity index (χ3v) is 2.30. The van der Waals surface area contributed by atoms with Crippen LogP contribution < -0.4 is 5.32 Å². The first-order chi connectivity index (χ1) is 7.40. The standard InChI is InChI=1S/C12H21NO3/c1-5-10-8-9(6-7-15-10)13-11(14)16-12(2,3)4/h5,9-10H,1,6-8H2,2-4H3,(H,13,14)/t9-,10+/m1/s1. The predicted octanol–water partition coefficient (Wildman–Crippen LogP) is 2.24. The fraction of sp³-hybridized carbons (Fsp3) is 0.750. The summed E-state index contributed by atoms with van der Waals surface area (Å²) in [6.45, 7) is 9.89. The summed E-state index contributed by atoms with van der Waals surface area (Å²) in [6, 6.07) is 0.117. The van der Waals surface area contributed by atoms with Crippen molar-refractivity contribution < 1.29 is 14.3 Å². The quantitative estimate of drug-likeness (QED) is 0.736. The van der Waals surface area contributed by atoms with E-state index in [9.17, 15) is 4.79 Å². The van der Waals surface area contributed by atoms with E-state index in [0.29, 0.717) is 6.61 Å². The van der Waals surface area contributed by atoms with Gasteiger partial charge in [0.05, 0.1) is 6.10 Å². The van der Waals surface area contributed by atoms with Crippen molar-refractivity contribution in [3.05, 3.63) is 12.7 Å². The highest BCUT2D eigenvalue weighted by molar-refractivity contribution is 5.68. The summed E-state index contributed by atoms with van der Waals surface area (Å²) in [5.74, 6) is 0. The number of hydrogen-bond donors (Lipinski definition) is 1. The molecule has 0 bridgehead atoms. The fourth-order valence-electron chi connectivity index (χ4n) is 1.60. The van der Waals surface area contributed by atoms with Crippen molar-refractivity contribution >= 4 is 6.09 Å². The number of amides is 1. The van der Waals surface area contributed by atoms with E-state index in [-0.39, 0.29) is 18.2 Å². The van der Waals surface area contributed by atoms with Gasteiger partial charge in [-0.3, -0.25) is 0 Å². The van der Waals surface area contributed by atoms with Crippen molar-refractivity contribution in [2.45, 2.75) is 51.4 Å². The molecule has 0 radical (unpaired) electrons. The molecule has 1 rings (SSSR count). The van der Waals surface area contributed by atoms with Gasteiger partial charge in [0.25, 0.3) is 0 Å². The summed E-state index contributed by atoms with van der Waals surface area (Å²) in [5, 5.41) is 2.85. The van der Waals surface area contributed by atoms with Gasteiger partial charge in [0, 0.05) is 12.6 Å². The SMILES string of the molecule is C=C[C@H]1C[C@H](NC(=O)OC(C)(C)C)CCO1. The van der Waals surface area contributed by atoms with Crippen LogP contribution in [0.3, 0.4) is 0 Å². The average molecular weight is 227 g/mol. The second kappa shape index (κ2) is 5.34. The zero-order valence-electron chi connectivity index (χ0n) is 10.3. The van der Waals surface area contributed by atoms with Crippen LogP contribution in [0.4, 0.5) is 4.79 Å². The summed E-state index contributed by atoms with van der Waals surface area (Å²) < 4.78 is 10.6. The van der Waals surface area contributed by atoms with Gasteiger partial charge >= 0.3 is 6.09 Å². The van der Waals surface area contributed by atoms with Crippen molar-refractivity contribution in [1.82, 2.24) is 5.32 Å². The molecule has 92 valence electrons. The van der Waals surface area contributed by atoms with E-state index in [2.05, 4.69) is 11.9 Å². The molecule has 0 aliphatic carbocycles. The average Bonchev–Trinajstić information content (AvgIpc) is 2.15. The van der Waals surface area contributed by atoms with E-state index in [1.807, 2.05) is 20.8 Å². The van der Waals surface area contributed by atoms with Crippen LogP contribution in [0.15, 0.2) is 12.7 Å². The lowest BCUT2D eigenvalue weighted by atomic mass is 10.0. The van der Waals surface area contributed by atoms with Crippen molar-refractivity contribution in [2.75, 3.05) is 6.61 Å². The molecule has 1 N–H and O–H groups in total. The first-order valence-corrected chi connectivity index (χ1v) is 5.64.